The van der Waals surface area contributed by atoms with Gasteiger partial charge in [0.25, 0.3) is 0 Å². The maximum atomic E-state index is 5.92. The van der Waals surface area contributed by atoms with Crippen LogP contribution in [0.1, 0.15) is 24.5 Å². The van der Waals surface area contributed by atoms with E-state index in [0.29, 0.717) is 0 Å². The van der Waals surface area contributed by atoms with Crippen LogP contribution in [0.3, 0.4) is 0 Å². The normalized spacial score (nSPS) is 17.2. The molecular weight excluding hydrogens is 196 g/mol. The van der Waals surface area contributed by atoms with E-state index in [0.717, 1.165) is 30.9 Å². The fraction of sp³-hybridized carbons (Fsp3) is 0.429. The number of aryl methyl sites for hydroxylation is 1. The fourth-order valence-corrected chi connectivity index (χ4v) is 2.00. The summed E-state index contributed by atoms with van der Waals surface area (Å²) in [7, 11) is 0. The van der Waals surface area contributed by atoms with Crippen LogP contribution in [0.25, 0.3) is 0 Å². The van der Waals surface area contributed by atoms with Crippen molar-refractivity contribution < 1.29 is 0 Å². The molecule has 1 aliphatic rings. The SMILES string of the molecule is CC1=CCN(Cc2ccc(C)c(N)c2)CC1. The van der Waals surface area contributed by atoms with Crippen LogP contribution in [-0.2, 0) is 6.54 Å². The topological polar surface area (TPSA) is 29.3 Å². The number of anilines is 1. The summed E-state index contributed by atoms with van der Waals surface area (Å²) in [5.74, 6) is 0. The summed E-state index contributed by atoms with van der Waals surface area (Å²) in [4.78, 5) is 2.46. The average molecular weight is 216 g/mol. The lowest BCUT2D eigenvalue weighted by Crippen LogP contribution is -2.27. The van der Waals surface area contributed by atoms with Crippen LogP contribution in [0.4, 0.5) is 5.69 Å². The number of hydrogen-bond acceptors (Lipinski definition) is 2. The third kappa shape index (κ3) is 2.64. The Labute approximate surface area is 97.8 Å². The Morgan fingerprint density at radius 3 is 2.75 bits per heavy atom. The standard InChI is InChI=1S/C14H20N2/c1-11-5-7-16(8-6-11)10-13-4-3-12(2)14(15)9-13/h3-5,9H,6-8,10,15H2,1-2H3. The molecular formula is C14H20N2. The number of nitrogens with zero attached hydrogens (tertiary/aromatic N) is 1. The van der Waals surface area contributed by atoms with Crippen LogP contribution >= 0.6 is 0 Å². The lowest BCUT2D eigenvalue weighted by atomic mass is 10.1. The van der Waals surface area contributed by atoms with Crippen molar-refractivity contribution in [1.29, 1.82) is 0 Å². The molecule has 0 fully saturated rings. The Morgan fingerprint density at radius 2 is 2.12 bits per heavy atom. The van der Waals surface area contributed by atoms with Crippen molar-refractivity contribution in [3.63, 3.8) is 0 Å². The first-order valence-electron chi connectivity index (χ1n) is 5.88. The summed E-state index contributed by atoms with van der Waals surface area (Å²) in [6.07, 6.45) is 3.52. The first-order valence-corrected chi connectivity index (χ1v) is 5.88. The van der Waals surface area contributed by atoms with Gasteiger partial charge in [0.05, 0.1) is 0 Å². The third-order valence-corrected chi connectivity index (χ3v) is 3.27. The molecule has 0 radical (unpaired) electrons. The van der Waals surface area contributed by atoms with Crippen LogP contribution in [0, 0.1) is 6.92 Å². The minimum atomic E-state index is 0.904. The van der Waals surface area contributed by atoms with E-state index in [9.17, 15) is 0 Å². The summed E-state index contributed by atoms with van der Waals surface area (Å²) in [5, 5.41) is 0. The molecule has 1 aromatic rings. The van der Waals surface area contributed by atoms with E-state index in [2.05, 4.69) is 36.1 Å². The molecule has 1 aromatic carbocycles. The van der Waals surface area contributed by atoms with Crippen LogP contribution < -0.4 is 5.73 Å². The van der Waals surface area contributed by atoms with Crippen molar-refractivity contribution in [3.8, 4) is 0 Å². The smallest absolute Gasteiger partial charge is 0.0346 e. The molecule has 0 amide bonds. The van der Waals surface area contributed by atoms with E-state index in [1.165, 1.54) is 17.6 Å². The number of benzene rings is 1. The molecule has 2 N–H and O–H groups in total. The quantitative estimate of drug-likeness (QED) is 0.608. The molecule has 16 heavy (non-hydrogen) atoms. The number of hydrogen-bond donors (Lipinski definition) is 1. The largest absolute Gasteiger partial charge is 0.399 e. The highest BCUT2D eigenvalue weighted by molar-refractivity contribution is 5.48. The Hall–Kier alpha value is -1.28. The van der Waals surface area contributed by atoms with Crippen LogP contribution in [0.15, 0.2) is 29.8 Å². The highest BCUT2D eigenvalue weighted by atomic mass is 15.1. The van der Waals surface area contributed by atoms with Crippen LogP contribution in [-0.4, -0.2) is 18.0 Å². The highest BCUT2D eigenvalue weighted by Gasteiger charge is 2.09. The third-order valence-electron chi connectivity index (χ3n) is 3.27. The monoisotopic (exact) mass is 216 g/mol. The lowest BCUT2D eigenvalue weighted by Gasteiger charge is -2.25. The average Bonchev–Trinajstić information content (AvgIpc) is 2.27. The van der Waals surface area contributed by atoms with Gasteiger partial charge in [-0.1, -0.05) is 23.8 Å². The molecule has 2 rings (SSSR count). The Kier molecular flexibility index (Phi) is 3.30. The molecule has 2 heteroatoms. The van der Waals surface area contributed by atoms with Gasteiger partial charge in [-0.2, -0.15) is 0 Å². The minimum absolute atomic E-state index is 0.904. The Morgan fingerprint density at radius 1 is 1.31 bits per heavy atom. The van der Waals surface area contributed by atoms with Crippen molar-refractivity contribution in [3.05, 3.63) is 41.0 Å². The lowest BCUT2D eigenvalue weighted by molar-refractivity contribution is 0.286. The van der Waals surface area contributed by atoms with Crippen molar-refractivity contribution in [2.45, 2.75) is 26.8 Å². The summed E-state index contributed by atoms with van der Waals surface area (Å²) < 4.78 is 0. The van der Waals surface area contributed by atoms with E-state index in [1.54, 1.807) is 0 Å². The van der Waals surface area contributed by atoms with Gasteiger partial charge in [-0.25, -0.2) is 0 Å². The van der Waals surface area contributed by atoms with Gasteiger partial charge < -0.3 is 5.73 Å². The van der Waals surface area contributed by atoms with Gasteiger partial charge in [-0.05, 0) is 37.5 Å². The van der Waals surface area contributed by atoms with Gasteiger partial charge in [0.2, 0.25) is 0 Å². The van der Waals surface area contributed by atoms with E-state index < -0.39 is 0 Å². The van der Waals surface area contributed by atoms with Crippen molar-refractivity contribution >= 4 is 5.69 Å². The first-order chi connectivity index (χ1) is 7.65. The zero-order chi connectivity index (χ0) is 11.5. The number of nitrogen functional groups attached to an aromatic ring is 1. The van der Waals surface area contributed by atoms with Gasteiger partial charge in [0, 0.05) is 25.3 Å². The summed E-state index contributed by atoms with van der Waals surface area (Å²) in [6, 6.07) is 6.38. The highest BCUT2D eigenvalue weighted by Crippen LogP contribution is 2.17. The van der Waals surface area contributed by atoms with E-state index in [1.807, 2.05) is 6.92 Å². The van der Waals surface area contributed by atoms with Crippen molar-refractivity contribution in [1.82, 2.24) is 4.90 Å². The maximum absolute atomic E-state index is 5.92. The first kappa shape index (κ1) is 11.2. The molecule has 0 bridgehead atoms. The van der Waals surface area contributed by atoms with Gasteiger partial charge in [0.15, 0.2) is 0 Å². The Balaban J connectivity index is 2.02. The molecule has 0 aromatic heterocycles. The maximum Gasteiger partial charge on any atom is 0.0346 e. The molecule has 0 unspecified atom stereocenters. The second-order valence-electron chi connectivity index (χ2n) is 4.73. The molecule has 0 spiro atoms. The molecule has 1 heterocycles. The molecule has 86 valence electrons. The zero-order valence-corrected chi connectivity index (χ0v) is 10.2. The molecule has 2 nitrogen and oxygen atoms in total. The zero-order valence-electron chi connectivity index (χ0n) is 10.2. The summed E-state index contributed by atoms with van der Waals surface area (Å²) in [5.41, 5.74) is 10.8. The van der Waals surface area contributed by atoms with E-state index in [4.69, 9.17) is 5.73 Å². The second kappa shape index (κ2) is 4.71. The van der Waals surface area contributed by atoms with Crippen LogP contribution in [0.5, 0.6) is 0 Å². The summed E-state index contributed by atoms with van der Waals surface area (Å²) in [6.45, 7) is 7.50. The second-order valence-corrected chi connectivity index (χ2v) is 4.73. The predicted molar refractivity (Wildman–Crippen MR) is 69.2 cm³/mol. The van der Waals surface area contributed by atoms with Gasteiger partial charge >= 0.3 is 0 Å². The minimum Gasteiger partial charge on any atom is -0.399 e. The number of rotatable bonds is 2. The molecule has 1 aliphatic heterocycles. The molecule has 0 saturated heterocycles. The van der Waals surface area contributed by atoms with Crippen molar-refractivity contribution in [2.24, 2.45) is 0 Å². The van der Waals surface area contributed by atoms with Crippen LogP contribution in [0.2, 0.25) is 0 Å². The van der Waals surface area contributed by atoms with Crippen molar-refractivity contribution in [2.75, 3.05) is 18.8 Å². The Bertz CT molecular complexity index is 407. The fourth-order valence-electron chi connectivity index (χ4n) is 2.00. The number of nitrogens with two attached hydrogens (primary N) is 1. The molecule has 0 saturated carbocycles. The molecule has 0 aliphatic carbocycles. The van der Waals surface area contributed by atoms with E-state index >= 15 is 0 Å². The van der Waals surface area contributed by atoms with Gasteiger partial charge in [-0.3, -0.25) is 4.90 Å². The van der Waals surface area contributed by atoms with Gasteiger partial charge in [-0.15, -0.1) is 0 Å². The van der Waals surface area contributed by atoms with E-state index in [-0.39, 0.29) is 0 Å². The predicted octanol–water partition coefficient (Wildman–Crippen LogP) is 2.73. The van der Waals surface area contributed by atoms with Gasteiger partial charge in [0.1, 0.15) is 0 Å². The molecule has 0 atom stereocenters. The summed E-state index contributed by atoms with van der Waals surface area (Å²) >= 11 is 0.